The molecule has 2 aliphatic rings. The number of nitrogen functional groups attached to an aromatic ring is 1. The number of hydrogen-bond acceptors (Lipinski definition) is 13. The van der Waals surface area contributed by atoms with Crippen molar-refractivity contribution in [3.05, 3.63) is 45.3 Å². The van der Waals surface area contributed by atoms with Gasteiger partial charge < -0.3 is 46.2 Å². The maximum atomic E-state index is 12.6. The van der Waals surface area contributed by atoms with Crippen LogP contribution in [0.25, 0.3) is 11.2 Å². The molecule has 20 heteroatoms. The molecule has 3 aromatic heterocycles. The third kappa shape index (κ3) is 5.83. The second-order valence-corrected chi connectivity index (χ2v) is 8.63. The predicted molar refractivity (Wildman–Crippen MR) is 124 cm³/mol. The van der Waals surface area contributed by atoms with Crippen LogP contribution < -0.4 is 17.0 Å². The molecule has 7 atom stereocenters. The van der Waals surface area contributed by atoms with Crippen LogP contribution in [-0.2, 0) is 15.7 Å². The Balaban J connectivity index is 0.000000215. The molecule has 40 heavy (non-hydrogen) atoms. The summed E-state index contributed by atoms with van der Waals surface area (Å²) < 4.78 is 50.3. The number of H-pyrrole nitrogens is 1. The second kappa shape index (κ2) is 11.9. The summed E-state index contributed by atoms with van der Waals surface area (Å²) in [5, 5.41) is 47.1. The quantitative estimate of drug-likeness (QED) is 0.157. The van der Waals surface area contributed by atoms with Gasteiger partial charge in [-0.25, -0.2) is 19.7 Å². The van der Waals surface area contributed by atoms with E-state index in [0.717, 1.165) is 0 Å². The molecule has 2 saturated heterocycles. The number of nitrogens with zero attached hydrogens (tertiary/aromatic N) is 5. The van der Waals surface area contributed by atoms with E-state index in [4.69, 9.17) is 25.4 Å². The van der Waals surface area contributed by atoms with Gasteiger partial charge in [-0.15, -0.1) is 0 Å². The Morgan fingerprint density at radius 3 is 2.27 bits per heavy atom. The number of aliphatic hydroxyl groups excluding tert-OH is 5. The molecule has 0 amide bonds. The summed E-state index contributed by atoms with van der Waals surface area (Å²) in [6.45, 7) is -0.930. The predicted octanol–water partition coefficient (Wildman–Crippen LogP) is -3.61. The van der Waals surface area contributed by atoms with Crippen molar-refractivity contribution >= 4 is 17.0 Å². The molecule has 2 fully saturated rings. The van der Waals surface area contributed by atoms with Crippen molar-refractivity contribution in [2.24, 2.45) is 0 Å². The first-order valence-electron chi connectivity index (χ1n) is 11.3. The van der Waals surface area contributed by atoms with Crippen molar-refractivity contribution in [1.82, 2.24) is 29.1 Å². The fourth-order valence-corrected chi connectivity index (χ4v) is 4.12. The lowest BCUT2D eigenvalue weighted by Gasteiger charge is -2.16. The number of imidazole rings is 1. The van der Waals surface area contributed by atoms with Crippen molar-refractivity contribution < 1.29 is 53.7 Å². The summed E-state index contributed by atoms with van der Waals surface area (Å²) in [7, 11) is 0. The lowest BCUT2D eigenvalue weighted by Crippen LogP contribution is -2.36. The number of alkyl halides is 3. The van der Waals surface area contributed by atoms with Gasteiger partial charge in [0.15, 0.2) is 17.7 Å². The van der Waals surface area contributed by atoms with Gasteiger partial charge in [0, 0.05) is 12.6 Å². The van der Waals surface area contributed by atoms with Gasteiger partial charge in [-0.2, -0.15) is 13.2 Å². The molecule has 2 aliphatic heterocycles. The second-order valence-electron chi connectivity index (χ2n) is 8.63. The maximum Gasteiger partial charge on any atom is 0.423 e. The topological polar surface area (TPSA) is 276 Å². The molecule has 0 spiro atoms. The van der Waals surface area contributed by atoms with Crippen molar-refractivity contribution in [1.29, 1.82) is 0 Å². The Kier molecular flexibility index (Phi) is 9.26. The summed E-state index contributed by atoms with van der Waals surface area (Å²) in [6, 6.07) is 0. The number of anilines is 1. The summed E-state index contributed by atoms with van der Waals surface area (Å²) in [5.74, 6) is 0.218. The van der Waals surface area contributed by atoms with Crippen molar-refractivity contribution in [2.45, 2.75) is 55.6 Å². The van der Waals surface area contributed by atoms with Crippen LogP contribution in [0.15, 0.2) is 28.4 Å². The molecule has 0 radical (unpaired) electrons. The molecular weight excluding hydrogens is 555 g/mol. The first kappa shape index (κ1) is 31.0. The summed E-state index contributed by atoms with van der Waals surface area (Å²) in [4.78, 5) is 36.1. The molecule has 5 heterocycles. The third-order valence-corrected chi connectivity index (χ3v) is 6.15. The van der Waals surface area contributed by atoms with Crippen LogP contribution in [0.3, 0.4) is 0 Å². The highest BCUT2D eigenvalue weighted by molar-refractivity contribution is 5.81. The molecule has 0 unspecified atom stereocenters. The van der Waals surface area contributed by atoms with Gasteiger partial charge in [0.25, 0.3) is 5.56 Å². The average Bonchev–Trinajstić information content (AvgIpc) is 3.55. The fraction of sp³-hybridized carbons (Fsp3) is 0.550. The Morgan fingerprint density at radius 1 is 1.02 bits per heavy atom. The van der Waals surface area contributed by atoms with Crippen LogP contribution >= 0.6 is 0 Å². The lowest BCUT2D eigenvalue weighted by molar-refractivity contribution is -0.139. The molecule has 17 nitrogen and oxygen atoms in total. The number of fused-ring (bicyclic) bond motifs is 1. The van der Waals surface area contributed by atoms with Crippen LogP contribution in [0, 0.1) is 0 Å². The molecule has 3 aromatic rings. The number of aromatic nitrogens is 6. The maximum absolute atomic E-state index is 12.6. The highest BCUT2D eigenvalue weighted by atomic mass is 19.4. The Hall–Kier alpha value is -3.50. The highest BCUT2D eigenvalue weighted by Crippen LogP contribution is 2.32. The number of halogens is 3. The number of nitrogens with two attached hydrogens (primary N) is 1. The number of aliphatic hydroxyl groups is 5. The summed E-state index contributed by atoms with van der Waals surface area (Å²) in [6.07, 6.45) is -9.46. The molecular formula is C20H26F3N7O10. The molecule has 5 rings (SSSR count). The fourth-order valence-electron chi connectivity index (χ4n) is 4.12. The van der Waals surface area contributed by atoms with Gasteiger partial charge in [0.1, 0.15) is 48.1 Å². The van der Waals surface area contributed by atoms with E-state index < -0.39 is 79.2 Å². The Bertz CT molecular complexity index is 1430. The minimum absolute atomic E-state index is 0. The Labute approximate surface area is 220 Å². The summed E-state index contributed by atoms with van der Waals surface area (Å²) >= 11 is 0. The van der Waals surface area contributed by atoms with E-state index in [-0.39, 0.29) is 17.7 Å². The Morgan fingerprint density at radius 2 is 1.70 bits per heavy atom. The minimum atomic E-state index is -4.92. The zero-order valence-corrected chi connectivity index (χ0v) is 20.2. The first-order valence-corrected chi connectivity index (χ1v) is 11.3. The van der Waals surface area contributed by atoms with Gasteiger partial charge in [-0.1, -0.05) is 0 Å². The monoisotopic (exact) mass is 581 g/mol. The third-order valence-electron chi connectivity index (χ3n) is 6.15. The highest BCUT2D eigenvalue weighted by Gasteiger charge is 2.44. The SMILES string of the molecule is Nc1ncnc2c1ncn2[C@@H]1O[C@H](CO)[C@@H](O)[C@@H]1O.O.O=c1[nH]c(=O)n([C@H]2C[C@H](O)[C@@H](CO)O2)cc1C(F)(F)F. The van der Waals surface area contributed by atoms with Crippen LogP contribution in [0.1, 0.15) is 24.4 Å². The van der Waals surface area contributed by atoms with E-state index in [1.54, 1.807) is 4.98 Å². The van der Waals surface area contributed by atoms with Crippen LogP contribution in [0.4, 0.5) is 19.0 Å². The number of ether oxygens (including phenoxy) is 2. The number of rotatable bonds is 4. The standard InChI is InChI=1S/C10H11F3N2O5.C10H13N5O4.H2O/c11-10(12,13)4-2-15(9(19)14-8(4)18)7-1-5(17)6(3-16)20-7;11-8-5-9(13-2-12-8)15(3-14-5)10-7(18)6(17)4(1-16)19-10;/h2,5-7,16-17H,1,3H2,(H,14,18,19);2-4,6-7,10,16-18H,1H2,(H2,11,12,13);1H2/t5-,6+,7+;4-,6-,7+,10-;/m01./s1. The van der Waals surface area contributed by atoms with Gasteiger partial charge in [-0.05, 0) is 0 Å². The van der Waals surface area contributed by atoms with E-state index in [0.29, 0.717) is 21.9 Å². The van der Waals surface area contributed by atoms with Crippen LogP contribution in [0.5, 0.6) is 0 Å². The van der Waals surface area contributed by atoms with Crippen LogP contribution in [0.2, 0.25) is 0 Å². The van der Waals surface area contributed by atoms with E-state index in [1.165, 1.54) is 17.2 Å². The molecule has 10 N–H and O–H groups in total. The molecule has 0 saturated carbocycles. The van der Waals surface area contributed by atoms with Crippen LogP contribution in [-0.4, -0.2) is 104 Å². The zero-order valence-electron chi connectivity index (χ0n) is 20.2. The number of hydrogen-bond donors (Lipinski definition) is 7. The zero-order chi connectivity index (χ0) is 28.6. The summed E-state index contributed by atoms with van der Waals surface area (Å²) in [5.41, 5.74) is 2.28. The number of aromatic amines is 1. The van der Waals surface area contributed by atoms with Gasteiger partial charge in [-0.3, -0.25) is 18.9 Å². The largest absolute Gasteiger partial charge is 0.423 e. The molecule has 0 bridgehead atoms. The van der Waals surface area contributed by atoms with Crippen molar-refractivity contribution in [3.63, 3.8) is 0 Å². The first-order chi connectivity index (χ1) is 18.4. The van der Waals surface area contributed by atoms with Gasteiger partial charge in [0.05, 0.1) is 25.6 Å². The van der Waals surface area contributed by atoms with Gasteiger partial charge in [0.2, 0.25) is 0 Å². The van der Waals surface area contributed by atoms with E-state index in [1.807, 2.05) is 0 Å². The van der Waals surface area contributed by atoms with Crippen molar-refractivity contribution in [2.75, 3.05) is 18.9 Å². The molecule has 222 valence electrons. The smallest absolute Gasteiger partial charge is 0.412 e. The van der Waals surface area contributed by atoms with E-state index >= 15 is 0 Å². The van der Waals surface area contributed by atoms with Crippen molar-refractivity contribution in [3.8, 4) is 0 Å². The van der Waals surface area contributed by atoms with Gasteiger partial charge >= 0.3 is 11.9 Å². The number of nitrogens with one attached hydrogen (secondary N) is 1. The lowest BCUT2D eigenvalue weighted by atomic mass is 10.1. The normalized spacial score (nSPS) is 28.2. The molecule has 0 aliphatic carbocycles. The minimum Gasteiger partial charge on any atom is -0.412 e. The molecule has 0 aromatic carbocycles. The average molecular weight is 581 g/mol. The van der Waals surface area contributed by atoms with E-state index in [9.17, 15) is 38.1 Å². The van der Waals surface area contributed by atoms with E-state index in [2.05, 4.69) is 15.0 Å².